The number of hydrogen-bond acceptors (Lipinski definition) is 4. The molecule has 178 valence electrons. The molecule has 4 rings (SSSR count). The van der Waals surface area contributed by atoms with Gasteiger partial charge in [-0.3, -0.25) is 4.79 Å². The molecule has 1 saturated carbocycles. The maximum absolute atomic E-state index is 14.9. The van der Waals surface area contributed by atoms with Gasteiger partial charge >= 0.3 is 6.03 Å². The van der Waals surface area contributed by atoms with Gasteiger partial charge in [-0.1, -0.05) is 30.3 Å². The molecular weight excluding hydrogens is 428 g/mol. The highest BCUT2D eigenvalue weighted by Gasteiger charge is 2.49. The van der Waals surface area contributed by atoms with Crippen LogP contribution in [0.3, 0.4) is 0 Å². The molecule has 7 nitrogen and oxygen atoms in total. The number of alkyl halides is 2. The van der Waals surface area contributed by atoms with E-state index in [4.69, 9.17) is 0 Å². The number of amides is 3. The first kappa shape index (κ1) is 23.4. The van der Waals surface area contributed by atoms with Gasteiger partial charge in [0.15, 0.2) is 0 Å². The van der Waals surface area contributed by atoms with Gasteiger partial charge in [-0.25, -0.2) is 13.6 Å². The highest BCUT2D eigenvalue weighted by Crippen LogP contribution is 2.40. The molecule has 0 radical (unpaired) electrons. The van der Waals surface area contributed by atoms with E-state index in [9.17, 15) is 23.6 Å². The van der Waals surface area contributed by atoms with Crippen molar-refractivity contribution in [3.05, 3.63) is 35.9 Å². The highest BCUT2D eigenvalue weighted by molar-refractivity contribution is 5.88. The third kappa shape index (κ3) is 5.61. The van der Waals surface area contributed by atoms with Crippen LogP contribution in [-0.2, 0) is 11.2 Å². The molecule has 1 aliphatic carbocycles. The van der Waals surface area contributed by atoms with Crippen LogP contribution in [0.15, 0.2) is 30.3 Å². The molecule has 3 fully saturated rings. The zero-order chi connectivity index (χ0) is 23.7. The smallest absolute Gasteiger partial charge is 0.318 e. The lowest BCUT2D eigenvalue weighted by Gasteiger charge is -2.53. The number of carbonyl (C=O) groups excluding carboxylic acids is 2. The Morgan fingerprint density at radius 2 is 1.79 bits per heavy atom. The molecule has 2 N–H and O–H groups in total. The summed E-state index contributed by atoms with van der Waals surface area (Å²) in [4.78, 5) is 29.5. The lowest BCUT2D eigenvalue weighted by molar-refractivity contribution is -0.126. The van der Waals surface area contributed by atoms with E-state index in [2.05, 4.69) is 22.6 Å². The van der Waals surface area contributed by atoms with Gasteiger partial charge in [-0.05, 0) is 51.4 Å². The number of urea groups is 1. The second kappa shape index (κ2) is 8.90. The fourth-order valence-corrected chi connectivity index (χ4v) is 4.74. The number of piperidine rings is 1. The summed E-state index contributed by atoms with van der Waals surface area (Å²) in [5.41, 5.74) is -0.447. The number of nitrogens with zero attached hydrogens (tertiary/aromatic N) is 3. The third-order valence-electron chi connectivity index (χ3n) is 7.14. The predicted molar refractivity (Wildman–Crippen MR) is 118 cm³/mol. The zero-order valence-electron chi connectivity index (χ0n) is 18.9. The standard InChI is InChI=1S/C24H31F2N5O2/c1-30-11-9-22(10-12-30)16-31(17-22)21(33)28-19(20(32)29-23(15-27)7-8-23)14-24(25,26)13-18-5-3-2-4-6-18/h2-6,19H,7-14,16-17H2,1H3,(H,28,33)(H,29,32)/t19-/m0/s1. The van der Waals surface area contributed by atoms with Crippen molar-refractivity contribution in [2.75, 3.05) is 33.2 Å². The van der Waals surface area contributed by atoms with E-state index in [1.165, 1.54) is 0 Å². The highest BCUT2D eigenvalue weighted by atomic mass is 19.3. The quantitative estimate of drug-likeness (QED) is 0.656. The van der Waals surface area contributed by atoms with Crippen molar-refractivity contribution in [3.8, 4) is 6.07 Å². The summed E-state index contributed by atoms with van der Waals surface area (Å²) in [7, 11) is 2.07. The third-order valence-corrected chi connectivity index (χ3v) is 7.14. The minimum atomic E-state index is -3.20. The van der Waals surface area contributed by atoms with Crippen molar-refractivity contribution in [3.63, 3.8) is 0 Å². The van der Waals surface area contributed by atoms with Gasteiger partial charge in [0, 0.05) is 31.3 Å². The van der Waals surface area contributed by atoms with Crippen LogP contribution in [-0.4, -0.2) is 72.5 Å². The van der Waals surface area contributed by atoms with Crippen LogP contribution in [0.1, 0.15) is 37.7 Å². The summed E-state index contributed by atoms with van der Waals surface area (Å²) in [6.07, 6.45) is 1.61. The van der Waals surface area contributed by atoms with Crippen LogP contribution in [0, 0.1) is 16.7 Å². The minimum Gasteiger partial charge on any atom is -0.336 e. The average Bonchev–Trinajstić information content (AvgIpc) is 3.52. The van der Waals surface area contributed by atoms with Crippen molar-refractivity contribution >= 4 is 11.9 Å². The van der Waals surface area contributed by atoms with E-state index < -0.39 is 42.3 Å². The fourth-order valence-electron chi connectivity index (χ4n) is 4.74. The van der Waals surface area contributed by atoms with Gasteiger partial charge in [0.1, 0.15) is 11.6 Å². The van der Waals surface area contributed by atoms with Gasteiger partial charge in [0.25, 0.3) is 5.92 Å². The molecule has 3 amide bonds. The Kier molecular flexibility index (Phi) is 6.32. The zero-order valence-corrected chi connectivity index (χ0v) is 18.9. The maximum Gasteiger partial charge on any atom is 0.318 e. The predicted octanol–water partition coefficient (Wildman–Crippen LogP) is 2.53. The molecule has 2 saturated heterocycles. The van der Waals surface area contributed by atoms with Gasteiger partial charge in [-0.15, -0.1) is 0 Å². The van der Waals surface area contributed by atoms with Crippen molar-refractivity contribution in [2.24, 2.45) is 5.41 Å². The Morgan fingerprint density at radius 1 is 1.15 bits per heavy atom. The molecule has 9 heteroatoms. The molecule has 0 aromatic heterocycles. The van der Waals surface area contributed by atoms with Crippen LogP contribution in [0.5, 0.6) is 0 Å². The van der Waals surface area contributed by atoms with Crippen LogP contribution in [0.25, 0.3) is 0 Å². The summed E-state index contributed by atoms with van der Waals surface area (Å²) in [5, 5.41) is 14.4. The molecule has 3 aliphatic rings. The first-order chi connectivity index (χ1) is 15.6. The van der Waals surface area contributed by atoms with Gasteiger partial charge in [-0.2, -0.15) is 5.26 Å². The molecule has 0 unspecified atom stereocenters. The van der Waals surface area contributed by atoms with E-state index in [0.717, 1.165) is 25.9 Å². The Labute approximate surface area is 193 Å². The molecule has 2 aliphatic heterocycles. The molecular formula is C24H31F2N5O2. The SMILES string of the molecule is CN1CCC2(CC1)CN(C(=O)N[C@@H](CC(F)(F)Cc1ccccc1)C(=O)NC1(C#N)CC1)C2. The van der Waals surface area contributed by atoms with Crippen LogP contribution >= 0.6 is 0 Å². The molecule has 1 aromatic rings. The maximum atomic E-state index is 14.9. The number of hydrogen-bond donors (Lipinski definition) is 2. The normalized spacial score (nSPS) is 22.1. The Bertz CT molecular complexity index is 913. The number of rotatable bonds is 7. The van der Waals surface area contributed by atoms with Crippen molar-refractivity contribution in [1.82, 2.24) is 20.4 Å². The number of halogens is 2. The summed E-state index contributed by atoms with van der Waals surface area (Å²) in [6, 6.07) is 8.45. The molecule has 33 heavy (non-hydrogen) atoms. The first-order valence-electron chi connectivity index (χ1n) is 11.5. The number of benzene rings is 1. The molecule has 0 bridgehead atoms. The Morgan fingerprint density at radius 3 is 2.36 bits per heavy atom. The van der Waals surface area contributed by atoms with E-state index >= 15 is 0 Å². The lowest BCUT2D eigenvalue weighted by Crippen LogP contribution is -2.65. The van der Waals surface area contributed by atoms with E-state index in [1.807, 2.05) is 6.07 Å². The fraction of sp³-hybridized carbons (Fsp3) is 0.625. The van der Waals surface area contributed by atoms with E-state index in [0.29, 0.717) is 31.5 Å². The van der Waals surface area contributed by atoms with Crippen molar-refractivity contribution < 1.29 is 18.4 Å². The number of nitrogens with one attached hydrogen (secondary N) is 2. The van der Waals surface area contributed by atoms with Crippen molar-refractivity contribution in [1.29, 1.82) is 5.26 Å². The second-order valence-corrected chi connectivity index (χ2v) is 10.1. The summed E-state index contributed by atoms with van der Waals surface area (Å²) in [6.45, 7) is 3.10. The number of carbonyl (C=O) groups is 2. The molecule has 2 heterocycles. The van der Waals surface area contributed by atoms with E-state index in [1.54, 1.807) is 35.2 Å². The minimum absolute atomic E-state index is 0.0950. The van der Waals surface area contributed by atoms with Crippen LogP contribution in [0.4, 0.5) is 13.6 Å². The molecule has 1 spiro atoms. The van der Waals surface area contributed by atoms with Gasteiger partial charge in [0.05, 0.1) is 6.07 Å². The number of likely N-dealkylation sites (tertiary alicyclic amines) is 2. The van der Waals surface area contributed by atoms with Crippen LogP contribution < -0.4 is 10.6 Å². The summed E-state index contributed by atoms with van der Waals surface area (Å²) in [5.74, 6) is -3.94. The van der Waals surface area contributed by atoms with Gasteiger partial charge in [0.2, 0.25) is 5.91 Å². The van der Waals surface area contributed by atoms with E-state index in [-0.39, 0.29) is 5.41 Å². The van der Waals surface area contributed by atoms with Gasteiger partial charge < -0.3 is 20.4 Å². The molecule has 1 atom stereocenters. The summed E-state index contributed by atoms with van der Waals surface area (Å²) >= 11 is 0. The first-order valence-corrected chi connectivity index (χ1v) is 11.5. The number of nitriles is 1. The Balaban J connectivity index is 1.40. The Hall–Kier alpha value is -2.73. The molecule has 1 aromatic carbocycles. The summed E-state index contributed by atoms with van der Waals surface area (Å²) < 4.78 is 29.8. The lowest BCUT2D eigenvalue weighted by atomic mass is 9.72. The monoisotopic (exact) mass is 459 g/mol. The van der Waals surface area contributed by atoms with Crippen molar-refractivity contribution in [2.45, 2.75) is 56.0 Å². The second-order valence-electron chi connectivity index (χ2n) is 10.1. The van der Waals surface area contributed by atoms with Crippen LogP contribution in [0.2, 0.25) is 0 Å². The average molecular weight is 460 g/mol. The topological polar surface area (TPSA) is 88.5 Å². The largest absolute Gasteiger partial charge is 0.336 e.